The van der Waals surface area contributed by atoms with Gasteiger partial charge in [0.05, 0.1) is 6.20 Å². The Morgan fingerprint density at radius 3 is 2.87 bits per heavy atom. The Morgan fingerprint density at radius 2 is 2.33 bits per heavy atom. The maximum atomic E-state index is 10.7. The number of aromatic nitrogens is 2. The van der Waals surface area contributed by atoms with Crippen LogP contribution in [0.2, 0.25) is 0 Å². The van der Waals surface area contributed by atoms with E-state index in [0.29, 0.717) is 11.7 Å². The van der Waals surface area contributed by atoms with Gasteiger partial charge in [0.15, 0.2) is 0 Å². The van der Waals surface area contributed by atoms with Crippen LogP contribution >= 0.6 is 0 Å². The van der Waals surface area contributed by atoms with Crippen LogP contribution in [0.1, 0.15) is 12.8 Å². The number of nitrogens with zero attached hydrogens (tertiary/aromatic N) is 3. The van der Waals surface area contributed by atoms with Crippen LogP contribution in [0, 0.1) is 5.92 Å². The molecule has 5 nitrogen and oxygen atoms in total. The van der Waals surface area contributed by atoms with E-state index in [-0.39, 0.29) is 6.54 Å². The molecule has 1 fully saturated rings. The smallest absolute Gasteiger partial charge is 0.323 e. The van der Waals surface area contributed by atoms with Crippen molar-refractivity contribution >= 4 is 11.8 Å². The summed E-state index contributed by atoms with van der Waals surface area (Å²) in [7, 11) is 0. The third-order valence-corrected chi connectivity index (χ3v) is 2.38. The first-order chi connectivity index (χ1) is 7.25. The number of hydrogen-bond donors (Lipinski definition) is 1. The molecule has 0 aliphatic heterocycles. The number of anilines is 1. The van der Waals surface area contributed by atoms with Crippen LogP contribution in [0.5, 0.6) is 0 Å². The highest BCUT2D eigenvalue weighted by Crippen LogP contribution is 2.30. The van der Waals surface area contributed by atoms with E-state index in [1.165, 1.54) is 12.8 Å². The Morgan fingerprint density at radius 1 is 1.53 bits per heavy atom. The van der Waals surface area contributed by atoms with Crippen LogP contribution in [0.4, 0.5) is 5.82 Å². The van der Waals surface area contributed by atoms with Gasteiger partial charge >= 0.3 is 5.97 Å². The molecule has 1 saturated carbocycles. The Labute approximate surface area is 87.8 Å². The lowest BCUT2D eigenvalue weighted by Crippen LogP contribution is -2.32. The third kappa shape index (κ3) is 2.90. The fourth-order valence-corrected chi connectivity index (χ4v) is 1.47. The van der Waals surface area contributed by atoms with Gasteiger partial charge in [-0.1, -0.05) is 0 Å². The minimum atomic E-state index is -0.832. The van der Waals surface area contributed by atoms with E-state index < -0.39 is 5.97 Å². The van der Waals surface area contributed by atoms with Crippen LogP contribution in [0.3, 0.4) is 0 Å². The molecule has 15 heavy (non-hydrogen) atoms. The summed E-state index contributed by atoms with van der Waals surface area (Å²) >= 11 is 0. The molecule has 0 atom stereocenters. The molecule has 80 valence electrons. The van der Waals surface area contributed by atoms with E-state index in [9.17, 15) is 4.79 Å². The molecule has 5 heteroatoms. The molecular formula is C10H13N3O2. The van der Waals surface area contributed by atoms with E-state index in [1.54, 1.807) is 23.5 Å². The van der Waals surface area contributed by atoms with Gasteiger partial charge in [-0.2, -0.15) is 0 Å². The minimum absolute atomic E-state index is 0.00477. The van der Waals surface area contributed by atoms with Crippen LogP contribution in [-0.2, 0) is 4.79 Å². The van der Waals surface area contributed by atoms with Crippen molar-refractivity contribution in [2.75, 3.05) is 18.0 Å². The summed E-state index contributed by atoms with van der Waals surface area (Å²) in [5.41, 5.74) is 0. The summed E-state index contributed by atoms with van der Waals surface area (Å²) in [6.07, 6.45) is 7.15. The van der Waals surface area contributed by atoms with Crippen LogP contribution < -0.4 is 4.90 Å². The molecule has 0 radical (unpaired) electrons. The summed E-state index contributed by atoms with van der Waals surface area (Å²) in [5.74, 6) is 0.444. The van der Waals surface area contributed by atoms with Gasteiger partial charge in [-0.15, -0.1) is 0 Å². The van der Waals surface area contributed by atoms with E-state index >= 15 is 0 Å². The Balaban J connectivity index is 2.06. The number of rotatable bonds is 5. The number of aliphatic carboxylic acids is 1. The molecule has 1 N–H and O–H groups in total. The molecule has 2 rings (SSSR count). The SMILES string of the molecule is O=C(O)CN(CC1CC1)c1cnccn1. The summed E-state index contributed by atoms with van der Waals surface area (Å²) in [6.45, 7) is 0.764. The molecule has 1 aliphatic rings. The molecule has 0 spiro atoms. The lowest BCUT2D eigenvalue weighted by Gasteiger charge is -2.20. The van der Waals surface area contributed by atoms with Crippen molar-refractivity contribution in [2.45, 2.75) is 12.8 Å². The molecule has 0 aromatic carbocycles. The van der Waals surface area contributed by atoms with Crippen LogP contribution in [-0.4, -0.2) is 34.1 Å². The molecule has 1 aliphatic carbocycles. The predicted molar refractivity (Wildman–Crippen MR) is 54.6 cm³/mol. The Hall–Kier alpha value is -1.65. The predicted octanol–water partition coefficient (Wildman–Crippen LogP) is 0.778. The van der Waals surface area contributed by atoms with Crippen LogP contribution in [0.25, 0.3) is 0 Å². The zero-order valence-electron chi connectivity index (χ0n) is 8.33. The molecule has 0 unspecified atom stereocenters. The van der Waals surface area contributed by atoms with Gasteiger partial charge in [0, 0.05) is 18.9 Å². The summed E-state index contributed by atoms with van der Waals surface area (Å²) in [5, 5.41) is 8.79. The zero-order chi connectivity index (χ0) is 10.7. The average molecular weight is 207 g/mol. The molecule has 0 saturated heterocycles. The first-order valence-electron chi connectivity index (χ1n) is 4.98. The Bertz CT molecular complexity index is 338. The highest BCUT2D eigenvalue weighted by molar-refractivity contribution is 5.73. The Kier molecular flexibility index (Phi) is 2.80. The topological polar surface area (TPSA) is 66.3 Å². The first kappa shape index (κ1) is 9.89. The molecule has 0 amide bonds. The summed E-state index contributed by atoms with van der Waals surface area (Å²) in [4.78, 5) is 20.5. The van der Waals surface area contributed by atoms with E-state index in [1.807, 2.05) is 0 Å². The van der Waals surface area contributed by atoms with Crippen molar-refractivity contribution in [3.8, 4) is 0 Å². The van der Waals surface area contributed by atoms with Crippen molar-refractivity contribution in [2.24, 2.45) is 5.92 Å². The van der Waals surface area contributed by atoms with Gasteiger partial charge in [0.25, 0.3) is 0 Å². The van der Waals surface area contributed by atoms with Crippen molar-refractivity contribution in [1.82, 2.24) is 9.97 Å². The van der Waals surface area contributed by atoms with Gasteiger partial charge in [-0.05, 0) is 18.8 Å². The summed E-state index contributed by atoms with van der Waals surface area (Å²) < 4.78 is 0. The molecule has 0 bridgehead atoms. The fraction of sp³-hybridized carbons (Fsp3) is 0.500. The monoisotopic (exact) mass is 207 g/mol. The van der Waals surface area contributed by atoms with Crippen molar-refractivity contribution in [3.63, 3.8) is 0 Å². The van der Waals surface area contributed by atoms with Gasteiger partial charge in [-0.25, -0.2) is 4.98 Å². The molecular weight excluding hydrogens is 194 g/mol. The summed E-state index contributed by atoms with van der Waals surface area (Å²) in [6, 6.07) is 0. The van der Waals surface area contributed by atoms with Gasteiger partial charge in [0.2, 0.25) is 0 Å². The maximum absolute atomic E-state index is 10.7. The largest absolute Gasteiger partial charge is 0.480 e. The third-order valence-electron chi connectivity index (χ3n) is 2.38. The fourth-order valence-electron chi connectivity index (χ4n) is 1.47. The van der Waals surface area contributed by atoms with Crippen molar-refractivity contribution in [1.29, 1.82) is 0 Å². The van der Waals surface area contributed by atoms with Gasteiger partial charge in [-0.3, -0.25) is 9.78 Å². The maximum Gasteiger partial charge on any atom is 0.323 e. The molecule has 1 heterocycles. The number of carboxylic acids is 1. The molecule has 1 aromatic heterocycles. The van der Waals surface area contributed by atoms with E-state index in [2.05, 4.69) is 9.97 Å². The van der Waals surface area contributed by atoms with E-state index in [0.717, 1.165) is 6.54 Å². The lowest BCUT2D eigenvalue weighted by atomic mass is 10.3. The second-order valence-electron chi connectivity index (χ2n) is 3.78. The number of hydrogen-bond acceptors (Lipinski definition) is 4. The van der Waals surface area contributed by atoms with Gasteiger partial charge < -0.3 is 10.0 Å². The minimum Gasteiger partial charge on any atom is -0.480 e. The zero-order valence-corrected chi connectivity index (χ0v) is 8.33. The molecule has 1 aromatic rings. The number of carboxylic acid groups (broad SMARTS) is 1. The highest BCUT2D eigenvalue weighted by Gasteiger charge is 2.25. The first-order valence-corrected chi connectivity index (χ1v) is 4.98. The van der Waals surface area contributed by atoms with Crippen LogP contribution in [0.15, 0.2) is 18.6 Å². The average Bonchev–Trinajstić information content (AvgIpc) is 3.01. The van der Waals surface area contributed by atoms with Gasteiger partial charge in [0.1, 0.15) is 12.4 Å². The highest BCUT2D eigenvalue weighted by atomic mass is 16.4. The standard InChI is InChI=1S/C10H13N3O2/c14-10(15)7-13(6-8-1-2-8)9-5-11-3-4-12-9/h3-5,8H,1-2,6-7H2,(H,14,15). The lowest BCUT2D eigenvalue weighted by molar-refractivity contribution is -0.135. The number of carbonyl (C=O) groups is 1. The normalized spacial score (nSPS) is 14.9. The van der Waals surface area contributed by atoms with Crippen molar-refractivity contribution in [3.05, 3.63) is 18.6 Å². The second kappa shape index (κ2) is 4.25. The van der Waals surface area contributed by atoms with E-state index in [4.69, 9.17) is 5.11 Å². The van der Waals surface area contributed by atoms with Crippen molar-refractivity contribution < 1.29 is 9.90 Å². The quantitative estimate of drug-likeness (QED) is 0.772. The second-order valence-corrected chi connectivity index (χ2v) is 3.78.